The molecule has 0 radical (unpaired) electrons. The smallest absolute Gasteiger partial charge is 0.129 e. The third-order valence-electron chi connectivity index (χ3n) is 3.60. The number of anilines is 1. The van der Waals surface area contributed by atoms with Gasteiger partial charge in [-0.3, -0.25) is 4.68 Å². The molecule has 3 rings (SSSR count). The molecule has 4 heteroatoms. The van der Waals surface area contributed by atoms with Gasteiger partial charge >= 0.3 is 0 Å². The summed E-state index contributed by atoms with van der Waals surface area (Å²) in [6.07, 6.45) is 1.81. The Labute approximate surface area is 105 Å². The van der Waals surface area contributed by atoms with Gasteiger partial charge in [0.05, 0.1) is 6.20 Å². The maximum absolute atomic E-state index is 6.01. The summed E-state index contributed by atoms with van der Waals surface area (Å²) in [6.45, 7) is 4.22. The number of fused-ring (bicyclic) bond motifs is 1. The predicted octanol–water partition coefficient (Wildman–Crippen LogP) is 2.77. The Morgan fingerprint density at radius 1 is 1.28 bits per heavy atom. The van der Waals surface area contributed by atoms with Gasteiger partial charge < -0.3 is 10.7 Å². The van der Waals surface area contributed by atoms with E-state index >= 15 is 0 Å². The van der Waals surface area contributed by atoms with Gasteiger partial charge in [0.1, 0.15) is 5.82 Å². The van der Waals surface area contributed by atoms with Gasteiger partial charge in [0.15, 0.2) is 0 Å². The number of H-pyrrole nitrogens is 1. The van der Waals surface area contributed by atoms with Crippen molar-refractivity contribution in [3.63, 3.8) is 0 Å². The fourth-order valence-electron chi connectivity index (χ4n) is 2.30. The van der Waals surface area contributed by atoms with Crippen LogP contribution >= 0.6 is 0 Å². The normalized spacial score (nSPS) is 11.3. The summed E-state index contributed by atoms with van der Waals surface area (Å²) in [7, 11) is 1.85. The lowest BCUT2D eigenvalue weighted by atomic mass is 10.0. The largest absolute Gasteiger partial charge is 0.383 e. The second kappa shape index (κ2) is 3.63. The van der Waals surface area contributed by atoms with Crippen molar-refractivity contribution in [3.05, 3.63) is 35.7 Å². The minimum Gasteiger partial charge on any atom is -0.383 e. The SMILES string of the molecule is Cc1[nH]c2ccc(-c3cnn(C)c3N)cc2c1C. The first kappa shape index (κ1) is 10.9. The van der Waals surface area contributed by atoms with Crippen molar-refractivity contribution >= 4 is 16.7 Å². The average molecular weight is 240 g/mol. The molecule has 0 aliphatic heterocycles. The van der Waals surface area contributed by atoms with Crippen molar-refractivity contribution in [1.29, 1.82) is 0 Å². The Hall–Kier alpha value is -2.23. The lowest BCUT2D eigenvalue weighted by Gasteiger charge is -2.02. The van der Waals surface area contributed by atoms with Crippen molar-refractivity contribution in [2.45, 2.75) is 13.8 Å². The topological polar surface area (TPSA) is 59.6 Å². The maximum Gasteiger partial charge on any atom is 0.129 e. The Morgan fingerprint density at radius 2 is 2.06 bits per heavy atom. The molecular weight excluding hydrogens is 224 g/mol. The van der Waals surface area contributed by atoms with Gasteiger partial charge in [0.2, 0.25) is 0 Å². The molecule has 0 aliphatic carbocycles. The second-order valence-corrected chi connectivity index (χ2v) is 4.70. The average Bonchev–Trinajstić information content (AvgIpc) is 2.83. The molecular formula is C14H16N4. The summed E-state index contributed by atoms with van der Waals surface area (Å²) >= 11 is 0. The van der Waals surface area contributed by atoms with Crippen molar-refractivity contribution in [2.75, 3.05) is 5.73 Å². The molecule has 3 aromatic rings. The van der Waals surface area contributed by atoms with Crippen LogP contribution in [-0.2, 0) is 7.05 Å². The lowest BCUT2D eigenvalue weighted by Crippen LogP contribution is -1.97. The molecule has 0 spiro atoms. The molecule has 3 N–H and O–H groups in total. The minimum absolute atomic E-state index is 0.694. The van der Waals surface area contributed by atoms with E-state index < -0.39 is 0 Å². The number of nitrogens with zero attached hydrogens (tertiary/aromatic N) is 2. The molecule has 4 nitrogen and oxygen atoms in total. The predicted molar refractivity (Wildman–Crippen MR) is 74.4 cm³/mol. The zero-order chi connectivity index (χ0) is 12.9. The Balaban J connectivity index is 2.25. The highest BCUT2D eigenvalue weighted by Crippen LogP contribution is 2.30. The van der Waals surface area contributed by atoms with E-state index in [0.29, 0.717) is 5.82 Å². The van der Waals surface area contributed by atoms with E-state index in [1.807, 2.05) is 13.2 Å². The molecule has 0 aliphatic rings. The molecule has 0 unspecified atom stereocenters. The van der Waals surface area contributed by atoms with Crippen LogP contribution in [0.1, 0.15) is 11.3 Å². The molecule has 2 heterocycles. The molecule has 0 saturated carbocycles. The number of nitrogen functional groups attached to an aromatic ring is 1. The van der Waals surface area contributed by atoms with Crippen LogP contribution in [0.3, 0.4) is 0 Å². The van der Waals surface area contributed by atoms with E-state index in [2.05, 4.69) is 42.1 Å². The number of rotatable bonds is 1. The lowest BCUT2D eigenvalue weighted by molar-refractivity contribution is 0.779. The summed E-state index contributed by atoms with van der Waals surface area (Å²) in [5.41, 5.74) is 11.8. The summed E-state index contributed by atoms with van der Waals surface area (Å²) in [5.74, 6) is 0.694. The fraction of sp³-hybridized carbons (Fsp3) is 0.214. The molecule has 1 aromatic carbocycles. The summed E-state index contributed by atoms with van der Waals surface area (Å²) < 4.78 is 1.69. The molecule has 18 heavy (non-hydrogen) atoms. The molecule has 0 saturated heterocycles. The van der Waals surface area contributed by atoms with Crippen LogP contribution in [0.4, 0.5) is 5.82 Å². The van der Waals surface area contributed by atoms with E-state index in [4.69, 9.17) is 5.73 Å². The van der Waals surface area contributed by atoms with Crippen LogP contribution in [0.25, 0.3) is 22.0 Å². The van der Waals surface area contributed by atoms with Gasteiger partial charge in [-0.1, -0.05) is 6.07 Å². The first-order chi connectivity index (χ1) is 8.58. The number of nitrogens with two attached hydrogens (primary N) is 1. The zero-order valence-corrected chi connectivity index (χ0v) is 10.8. The van der Waals surface area contributed by atoms with Crippen LogP contribution in [0.2, 0.25) is 0 Å². The standard InChI is InChI=1S/C14H16N4/c1-8-9(2)17-13-5-4-10(6-11(8)13)12-7-16-18(3)14(12)15/h4-7,17H,15H2,1-3H3. The summed E-state index contributed by atoms with van der Waals surface area (Å²) in [5, 5.41) is 5.43. The minimum atomic E-state index is 0.694. The summed E-state index contributed by atoms with van der Waals surface area (Å²) in [4.78, 5) is 3.37. The summed E-state index contributed by atoms with van der Waals surface area (Å²) in [6, 6.07) is 6.34. The monoisotopic (exact) mass is 240 g/mol. The van der Waals surface area contributed by atoms with Crippen molar-refractivity contribution in [1.82, 2.24) is 14.8 Å². The number of aromatic amines is 1. The van der Waals surface area contributed by atoms with Gasteiger partial charge in [-0.05, 0) is 37.1 Å². The van der Waals surface area contributed by atoms with Crippen LogP contribution in [-0.4, -0.2) is 14.8 Å². The highest BCUT2D eigenvalue weighted by atomic mass is 15.3. The Kier molecular flexibility index (Phi) is 2.20. The van der Waals surface area contributed by atoms with Gasteiger partial charge in [-0.2, -0.15) is 5.10 Å². The highest BCUT2D eigenvalue weighted by molar-refractivity contribution is 5.90. The molecule has 0 fully saturated rings. The maximum atomic E-state index is 6.01. The van der Waals surface area contributed by atoms with E-state index in [1.54, 1.807) is 4.68 Å². The van der Waals surface area contributed by atoms with E-state index in [1.165, 1.54) is 16.6 Å². The number of benzene rings is 1. The van der Waals surface area contributed by atoms with Gasteiger partial charge in [0.25, 0.3) is 0 Å². The number of aromatic nitrogens is 3. The van der Waals surface area contributed by atoms with Gasteiger partial charge in [-0.15, -0.1) is 0 Å². The number of hydrogen-bond acceptors (Lipinski definition) is 2. The first-order valence-electron chi connectivity index (χ1n) is 5.94. The third-order valence-corrected chi connectivity index (χ3v) is 3.60. The fourth-order valence-corrected chi connectivity index (χ4v) is 2.30. The van der Waals surface area contributed by atoms with E-state index in [0.717, 1.165) is 16.6 Å². The molecule has 0 bridgehead atoms. The molecule has 0 atom stereocenters. The van der Waals surface area contributed by atoms with E-state index in [9.17, 15) is 0 Å². The highest BCUT2D eigenvalue weighted by Gasteiger charge is 2.10. The molecule has 92 valence electrons. The van der Waals surface area contributed by atoms with Gasteiger partial charge in [-0.25, -0.2) is 0 Å². The Bertz CT molecular complexity index is 734. The zero-order valence-electron chi connectivity index (χ0n) is 10.8. The van der Waals surface area contributed by atoms with Crippen molar-refractivity contribution in [2.24, 2.45) is 7.05 Å². The van der Waals surface area contributed by atoms with Crippen LogP contribution in [0, 0.1) is 13.8 Å². The van der Waals surface area contributed by atoms with Crippen molar-refractivity contribution < 1.29 is 0 Å². The molecule has 2 aromatic heterocycles. The number of aryl methyl sites for hydroxylation is 3. The quantitative estimate of drug-likeness (QED) is 0.687. The van der Waals surface area contributed by atoms with Crippen molar-refractivity contribution in [3.8, 4) is 11.1 Å². The van der Waals surface area contributed by atoms with Crippen LogP contribution in [0.15, 0.2) is 24.4 Å². The third kappa shape index (κ3) is 1.42. The van der Waals surface area contributed by atoms with Gasteiger partial charge in [0, 0.05) is 29.2 Å². The van der Waals surface area contributed by atoms with Crippen LogP contribution in [0.5, 0.6) is 0 Å². The Morgan fingerprint density at radius 3 is 2.72 bits per heavy atom. The van der Waals surface area contributed by atoms with E-state index in [-0.39, 0.29) is 0 Å². The molecule has 0 amide bonds. The number of hydrogen-bond donors (Lipinski definition) is 2. The number of nitrogens with one attached hydrogen (secondary N) is 1. The first-order valence-corrected chi connectivity index (χ1v) is 5.94. The van der Waals surface area contributed by atoms with Crippen LogP contribution < -0.4 is 5.73 Å². The second-order valence-electron chi connectivity index (χ2n) is 4.70.